The van der Waals surface area contributed by atoms with E-state index in [0.29, 0.717) is 28.6 Å². The molecule has 2 aromatic rings. The Morgan fingerprint density at radius 2 is 2.17 bits per heavy atom. The van der Waals surface area contributed by atoms with Gasteiger partial charge in [-0.25, -0.2) is 0 Å². The number of fused-ring (bicyclic) bond motifs is 2. The standard InChI is InChI=1S/C16H15N5O2S/c17-8-14-20-21-16(24-14)23-11-4-1-9(2-5-11)15(22)19-13-7-10-3-6-12(13)18-10/h1-2,4-5,10,12-13,18H,3,6-7H2,(H,19,22)/t10-,12+,13-/m1/s1. The number of nitriles is 1. The van der Waals surface area contributed by atoms with E-state index >= 15 is 0 Å². The number of benzene rings is 1. The minimum absolute atomic E-state index is 0.0661. The molecule has 7 nitrogen and oxygen atoms in total. The topological polar surface area (TPSA) is 99.9 Å². The summed E-state index contributed by atoms with van der Waals surface area (Å²) in [6, 6.07) is 9.96. The first kappa shape index (κ1) is 15.1. The van der Waals surface area contributed by atoms with E-state index in [9.17, 15) is 4.79 Å². The predicted molar refractivity (Wildman–Crippen MR) is 87.0 cm³/mol. The zero-order valence-electron chi connectivity index (χ0n) is 12.7. The SMILES string of the molecule is N#Cc1nnc(Oc2ccc(C(=O)N[C@@H]3C[C@H]4CC[C@@H]3N4)cc2)s1. The molecule has 0 radical (unpaired) electrons. The second-order valence-corrected chi connectivity index (χ2v) is 6.91. The number of carbonyl (C=O) groups excluding carboxylic acids is 1. The molecule has 2 aliphatic rings. The van der Waals surface area contributed by atoms with Gasteiger partial charge in [-0.2, -0.15) is 5.26 Å². The Kier molecular flexibility index (Phi) is 3.88. The van der Waals surface area contributed by atoms with Gasteiger partial charge in [0.15, 0.2) is 0 Å². The van der Waals surface area contributed by atoms with Gasteiger partial charge in [0, 0.05) is 23.7 Å². The maximum Gasteiger partial charge on any atom is 0.300 e. The number of hydrogen-bond donors (Lipinski definition) is 2. The van der Waals surface area contributed by atoms with E-state index in [2.05, 4.69) is 20.8 Å². The van der Waals surface area contributed by atoms with Crippen LogP contribution in [0.1, 0.15) is 34.6 Å². The highest BCUT2D eigenvalue weighted by Crippen LogP contribution is 2.29. The Bertz CT molecular complexity index is 798. The lowest BCUT2D eigenvalue weighted by molar-refractivity contribution is 0.0931. The minimum Gasteiger partial charge on any atom is -0.430 e. The van der Waals surface area contributed by atoms with Gasteiger partial charge >= 0.3 is 5.19 Å². The van der Waals surface area contributed by atoms with Gasteiger partial charge in [0.05, 0.1) is 0 Å². The molecule has 1 amide bonds. The summed E-state index contributed by atoms with van der Waals surface area (Å²) in [5.74, 6) is 0.484. The van der Waals surface area contributed by atoms with Crippen LogP contribution in [0.5, 0.6) is 10.9 Å². The number of amides is 1. The van der Waals surface area contributed by atoms with Crippen LogP contribution in [0, 0.1) is 11.3 Å². The first-order valence-electron chi connectivity index (χ1n) is 7.80. The van der Waals surface area contributed by atoms with Gasteiger partial charge in [0.25, 0.3) is 5.91 Å². The summed E-state index contributed by atoms with van der Waals surface area (Å²) in [6.07, 6.45) is 3.35. The van der Waals surface area contributed by atoms with Crippen molar-refractivity contribution in [2.75, 3.05) is 0 Å². The van der Waals surface area contributed by atoms with Crippen LogP contribution in [0.3, 0.4) is 0 Å². The summed E-state index contributed by atoms with van der Waals surface area (Å²) in [5.41, 5.74) is 0.597. The Labute approximate surface area is 142 Å². The van der Waals surface area contributed by atoms with Crippen molar-refractivity contribution in [2.24, 2.45) is 0 Å². The molecule has 8 heteroatoms. The first-order chi connectivity index (χ1) is 11.7. The molecule has 4 rings (SSSR count). The van der Waals surface area contributed by atoms with Gasteiger partial charge in [-0.3, -0.25) is 4.79 Å². The third-order valence-electron chi connectivity index (χ3n) is 4.44. The van der Waals surface area contributed by atoms with E-state index in [1.54, 1.807) is 24.3 Å². The van der Waals surface area contributed by atoms with E-state index < -0.39 is 0 Å². The Morgan fingerprint density at radius 3 is 2.79 bits per heavy atom. The number of carbonyl (C=O) groups is 1. The summed E-state index contributed by atoms with van der Waals surface area (Å²) < 4.78 is 5.52. The molecule has 2 saturated heterocycles. The van der Waals surface area contributed by atoms with Gasteiger partial charge in [-0.1, -0.05) is 5.10 Å². The van der Waals surface area contributed by atoms with Crippen molar-refractivity contribution >= 4 is 17.2 Å². The lowest BCUT2D eigenvalue weighted by Crippen LogP contribution is -2.42. The van der Waals surface area contributed by atoms with E-state index in [0.717, 1.165) is 24.2 Å². The van der Waals surface area contributed by atoms with E-state index in [4.69, 9.17) is 10.00 Å². The third-order valence-corrected chi connectivity index (χ3v) is 5.15. The van der Waals surface area contributed by atoms with Crippen molar-refractivity contribution in [2.45, 2.75) is 37.4 Å². The highest BCUT2D eigenvalue weighted by molar-refractivity contribution is 7.13. The summed E-state index contributed by atoms with van der Waals surface area (Å²) in [5, 5.41) is 23.3. The molecule has 24 heavy (non-hydrogen) atoms. The summed E-state index contributed by atoms with van der Waals surface area (Å²) in [4.78, 5) is 12.4. The van der Waals surface area contributed by atoms with Crippen LogP contribution in [0.2, 0.25) is 0 Å². The van der Waals surface area contributed by atoms with Crippen molar-refractivity contribution in [3.05, 3.63) is 34.8 Å². The number of ether oxygens (including phenoxy) is 1. The number of rotatable bonds is 4. The van der Waals surface area contributed by atoms with Gasteiger partial charge in [-0.05, 0) is 54.9 Å². The average Bonchev–Trinajstić information content (AvgIpc) is 3.32. The summed E-state index contributed by atoms with van der Waals surface area (Å²) >= 11 is 1.07. The maximum atomic E-state index is 12.4. The van der Waals surface area contributed by atoms with Gasteiger partial charge in [0.1, 0.15) is 11.8 Å². The second kappa shape index (κ2) is 6.19. The van der Waals surface area contributed by atoms with Crippen molar-refractivity contribution in [3.63, 3.8) is 0 Å². The van der Waals surface area contributed by atoms with Crippen LogP contribution >= 0.6 is 11.3 Å². The van der Waals surface area contributed by atoms with Crippen LogP contribution in [0.4, 0.5) is 0 Å². The van der Waals surface area contributed by atoms with Crippen LogP contribution in [0.15, 0.2) is 24.3 Å². The van der Waals surface area contributed by atoms with Gasteiger partial charge in [0.2, 0.25) is 5.01 Å². The van der Waals surface area contributed by atoms with Crippen LogP contribution in [0.25, 0.3) is 0 Å². The zero-order chi connectivity index (χ0) is 16.5. The number of nitrogens with one attached hydrogen (secondary N) is 2. The average molecular weight is 341 g/mol. The fourth-order valence-corrected chi connectivity index (χ4v) is 3.82. The van der Waals surface area contributed by atoms with Gasteiger partial charge < -0.3 is 15.4 Å². The molecule has 0 saturated carbocycles. The summed E-state index contributed by atoms with van der Waals surface area (Å²) in [6.45, 7) is 0. The maximum absolute atomic E-state index is 12.4. The normalized spacial score (nSPS) is 24.5. The van der Waals surface area contributed by atoms with Crippen LogP contribution in [-0.4, -0.2) is 34.2 Å². The molecule has 3 heterocycles. The van der Waals surface area contributed by atoms with E-state index in [-0.39, 0.29) is 17.0 Å². The van der Waals surface area contributed by atoms with Gasteiger partial charge in [-0.15, -0.1) is 5.10 Å². The second-order valence-electron chi connectivity index (χ2n) is 5.97. The Morgan fingerprint density at radius 1 is 1.33 bits per heavy atom. The van der Waals surface area contributed by atoms with Crippen LogP contribution < -0.4 is 15.4 Å². The number of hydrogen-bond acceptors (Lipinski definition) is 7. The van der Waals surface area contributed by atoms with Crippen LogP contribution in [-0.2, 0) is 0 Å². The Hall–Kier alpha value is -2.50. The molecule has 122 valence electrons. The molecule has 0 spiro atoms. The largest absolute Gasteiger partial charge is 0.430 e. The molecule has 2 fully saturated rings. The first-order valence-corrected chi connectivity index (χ1v) is 8.61. The fraction of sp³-hybridized carbons (Fsp3) is 0.375. The van der Waals surface area contributed by atoms with E-state index in [1.807, 2.05) is 6.07 Å². The zero-order valence-corrected chi connectivity index (χ0v) is 13.5. The number of aromatic nitrogens is 2. The van der Waals surface area contributed by atoms with Crippen molar-refractivity contribution < 1.29 is 9.53 Å². The quantitative estimate of drug-likeness (QED) is 0.880. The van der Waals surface area contributed by atoms with Crippen molar-refractivity contribution in [1.29, 1.82) is 5.26 Å². The molecule has 0 aliphatic carbocycles. The molecule has 1 aromatic heterocycles. The number of nitrogens with zero attached hydrogens (tertiary/aromatic N) is 3. The molecule has 2 aliphatic heterocycles. The molecule has 1 aromatic carbocycles. The van der Waals surface area contributed by atoms with Crippen molar-refractivity contribution in [3.8, 4) is 17.0 Å². The highest BCUT2D eigenvalue weighted by Gasteiger charge is 2.39. The van der Waals surface area contributed by atoms with Crippen molar-refractivity contribution in [1.82, 2.24) is 20.8 Å². The smallest absolute Gasteiger partial charge is 0.300 e. The molecule has 2 N–H and O–H groups in total. The minimum atomic E-state index is -0.0661. The molecule has 2 bridgehead atoms. The molecular formula is C16H15N5O2S. The highest BCUT2D eigenvalue weighted by atomic mass is 32.1. The lowest BCUT2D eigenvalue weighted by atomic mass is 9.95. The summed E-state index contributed by atoms with van der Waals surface area (Å²) in [7, 11) is 0. The molecular weight excluding hydrogens is 326 g/mol. The monoisotopic (exact) mass is 341 g/mol. The molecule has 0 unspecified atom stereocenters. The third kappa shape index (κ3) is 2.96. The lowest BCUT2D eigenvalue weighted by Gasteiger charge is -2.21. The Balaban J connectivity index is 1.38. The predicted octanol–water partition coefficient (Wildman–Crippen LogP) is 1.82. The van der Waals surface area contributed by atoms with E-state index in [1.165, 1.54) is 6.42 Å². The fourth-order valence-electron chi connectivity index (χ4n) is 3.31. The molecule has 3 atom stereocenters.